The maximum atomic E-state index is 12.1. The number of alkyl halides is 2. The summed E-state index contributed by atoms with van der Waals surface area (Å²) in [5.74, 6) is -0.793. The van der Waals surface area contributed by atoms with Gasteiger partial charge in [-0.05, 0) is 0 Å². The van der Waals surface area contributed by atoms with Crippen molar-refractivity contribution in [3.05, 3.63) is 0 Å². The van der Waals surface area contributed by atoms with Gasteiger partial charge in [0, 0.05) is 26.4 Å². The maximum Gasteiger partial charge on any atom is 0.255 e. The second-order valence-electron chi connectivity index (χ2n) is 3.19. The van der Waals surface area contributed by atoms with Gasteiger partial charge in [-0.2, -0.15) is 0 Å². The molecule has 0 atom stereocenters. The summed E-state index contributed by atoms with van der Waals surface area (Å²) in [7, 11) is 0. The first-order valence-electron chi connectivity index (χ1n) is 4.88. The van der Waals surface area contributed by atoms with Crippen molar-refractivity contribution in [3.63, 3.8) is 0 Å². The molecule has 0 radical (unpaired) electrons. The minimum absolute atomic E-state index is 0.0493. The van der Waals surface area contributed by atoms with Crippen molar-refractivity contribution in [2.45, 2.75) is 19.8 Å². The van der Waals surface area contributed by atoms with Crippen molar-refractivity contribution in [2.24, 2.45) is 0 Å². The van der Waals surface area contributed by atoms with Gasteiger partial charge in [-0.25, -0.2) is 8.78 Å². The van der Waals surface area contributed by atoms with Gasteiger partial charge in [0.1, 0.15) is 0 Å². The lowest BCUT2D eigenvalue weighted by molar-refractivity contribution is -0.133. The molecular formula is C9H16F2N2O3. The minimum atomic E-state index is -2.63. The molecule has 2 N–H and O–H groups in total. The van der Waals surface area contributed by atoms with E-state index in [1.54, 1.807) is 0 Å². The zero-order chi connectivity index (χ0) is 12.6. The summed E-state index contributed by atoms with van der Waals surface area (Å²) in [5.41, 5.74) is 0. The molecule has 16 heavy (non-hydrogen) atoms. The van der Waals surface area contributed by atoms with Crippen LogP contribution in [-0.4, -0.2) is 54.5 Å². The first-order chi connectivity index (χ1) is 7.47. The molecular weight excluding hydrogens is 222 g/mol. The van der Waals surface area contributed by atoms with Crippen LogP contribution < -0.4 is 5.32 Å². The predicted molar refractivity (Wildman–Crippen MR) is 53.0 cm³/mol. The number of nitrogens with one attached hydrogen (secondary N) is 1. The molecule has 5 nitrogen and oxygen atoms in total. The van der Waals surface area contributed by atoms with Gasteiger partial charge in [-0.1, -0.05) is 0 Å². The monoisotopic (exact) mass is 238 g/mol. The van der Waals surface area contributed by atoms with E-state index in [0.29, 0.717) is 0 Å². The smallest absolute Gasteiger partial charge is 0.255 e. The molecule has 0 aliphatic heterocycles. The van der Waals surface area contributed by atoms with Gasteiger partial charge >= 0.3 is 0 Å². The molecule has 0 aliphatic carbocycles. The highest BCUT2D eigenvalue weighted by Gasteiger charge is 2.17. The van der Waals surface area contributed by atoms with E-state index in [1.165, 1.54) is 6.92 Å². The Kier molecular flexibility index (Phi) is 7.36. The molecule has 0 fully saturated rings. The second-order valence-corrected chi connectivity index (χ2v) is 3.19. The van der Waals surface area contributed by atoms with Crippen LogP contribution in [0.2, 0.25) is 0 Å². The van der Waals surface area contributed by atoms with Crippen LogP contribution in [0.4, 0.5) is 8.78 Å². The van der Waals surface area contributed by atoms with Gasteiger partial charge in [0.15, 0.2) is 0 Å². The first-order valence-corrected chi connectivity index (χ1v) is 4.88. The number of carbonyl (C=O) groups excluding carboxylic acids is 2. The molecule has 0 aromatic heterocycles. The Hall–Kier alpha value is -1.24. The van der Waals surface area contributed by atoms with E-state index in [2.05, 4.69) is 5.32 Å². The van der Waals surface area contributed by atoms with Crippen LogP contribution in [-0.2, 0) is 9.59 Å². The fraction of sp³-hybridized carbons (Fsp3) is 0.778. The summed E-state index contributed by atoms with van der Waals surface area (Å²) in [4.78, 5) is 22.8. The normalized spacial score (nSPS) is 10.3. The van der Waals surface area contributed by atoms with Crippen LogP contribution in [0.15, 0.2) is 0 Å². The summed E-state index contributed by atoms with van der Waals surface area (Å²) in [6.07, 6.45) is -2.68. The summed E-state index contributed by atoms with van der Waals surface area (Å²) in [6.45, 7) is 0.232. The van der Waals surface area contributed by atoms with Crippen molar-refractivity contribution in [1.29, 1.82) is 0 Å². The van der Waals surface area contributed by atoms with Crippen LogP contribution in [0.1, 0.15) is 13.3 Å². The van der Waals surface area contributed by atoms with E-state index in [9.17, 15) is 18.4 Å². The number of rotatable bonds is 7. The van der Waals surface area contributed by atoms with Crippen molar-refractivity contribution in [3.8, 4) is 0 Å². The fourth-order valence-corrected chi connectivity index (χ4v) is 1.11. The number of amides is 2. The van der Waals surface area contributed by atoms with Crippen LogP contribution in [0.5, 0.6) is 0 Å². The standard InChI is InChI=1S/C9H16F2N2O3/c1-7(15)12-3-2-9(16)13(4-5-14)6-8(10)11/h8,14H,2-6H2,1H3,(H,12,15). The zero-order valence-electron chi connectivity index (χ0n) is 9.08. The number of aliphatic hydroxyl groups is 1. The van der Waals surface area contributed by atoms with Crippen molar-refractivity contribution >= 4 is 11.8 Å². The Morgan fingerprint density at radius 1 is 1.44 bits per heavy atom. The van der Waals surface area contributed by atoms with E-state index in [1.807, 2.05) is 0 Å². The number of hydrogen-bond donors (Lipinski definition) is 2. The van der Waals surface area contributed by atoms with E-state index in [4.69, 9.17) is 5.11 Å². The third-order valence-electron chi connectivity index (χ3n) is 1.79. The molecule has 0 rings (SSSR count). The molecule has 2 amide bonds. The molecule has 0 aliphatic rings. The number of aliphatic hydroxyl groups excluding tert-OH is 1. The predicted octanol–water partition coefficient (Wildman–Crippen LogP) is -0.401. The van der Waals surface area contributed by atoms with Gasteiger partial charge in [-0.3, -0.25) is 9.59 Å². The molecule has 0 bridgehead atoms. The summed E-state index contributed by atoms with van der Waals surface area (Å²) < 4.78 is 24.1. The first kappa shape index (κ1) is 14.8. The Balaban J connectivity index is 4.00. The van der Waals surface area contributed by atoms with Crippen molar-refractivity contribution in [1.82, 2.24) is 10.2 Å². The largest absolute Gasteiger partial charge is 0.395 e. The number of carbonyl (C=O) groups is 2. The Bertz CT molecular complexity index is 237. The van der Waals surface area contributed by atoms with Crippen LogP contribution in [0.25, 0.3) is 0 Å². The molecule has 0 heterocycles. The summed E-state index contributed by atoms with van der Waals surface area (Å²) in [5, 5.41) is 11.0. The topological polar surface area (TPSA) is 69.6 Å². The molecule has 0 saturated carbocycles. The van der Waals surface area contributed by atoms with Gasteiger partial charge in [0.2, 0.25) is 11.8 Å². The summed E-state index contributed by atoms with van der Waals surface area (Å²) in [6, 6.07) is 0. The number of nitrogens with zero attached hydrogens (tertiary/aromatic N) is 1. The van der Waals surface area contributed by atoms with Crippen LogP contribution in [0.3, 0.4) is 0 Å². The molecule has 94 valence electrons. The minimum Gasteiger partial charge on any atom is -0.395 e. The van der Waals surface area contributed by atoms with E-state index < -0.39 is 18.9 Å². The highest BCUT2D eigenvalue weighted by Crippen LogP contribution is 2.00. The van der Waals surface area contributed by atoms with E-state index in [-0.39, 0.29) is 32.0 Å². The third kappa shape index (κ3) is 7.10. The Labute approximate surface area is 92.4 Å². The maximum absolute atomic E-state index is 12.1. The van der Waals surface area contributed by atoms with Crippen molar-refractivity contribution in [2.75, 3.05) is 26.2 Å². The Morgan fingerprint density at radius 3 is 2.50 bits per heavy atom. The second kappa shape index (κ2) is 7.98. The van der Waals surface area contributed by atoms with E-state index in [0.717, 1.165) is 4.90 Å². The number of hydrogen-bond acceptors (Lipinski definition) is 3. The molecule has 7 heteroatoms. The van der Waals surface area contributed by atoms with Gasteiger partial charge < -0.3 is 15.3 Å². The molecule has 0 aromatic rings. The fourth-order valence-electron chi connectivity index (χ4n) is 1.11. The lowest BCUT2D eigenvalue weighted by atomic mass is 10.3. The third-order valence-corrected chi connectivity index (χ3v) is 1.79. The SMILES string of the molecule is CC(=O)NCCC(=O)N(CCO)CC(F)F. The molecule has 0 saturated heterocycles. The van der Waals surface area contributed by atoms with Gasteiger partial charge in [-0.15, -0.1) is 0 Å². The lowest BCUT2D eigenvalue weighted by Crippen LogP contribution is -2.38. The van der Waals surface area contributed by atoms with Gasteiger partial charge in [0.25, 0.3) is 6.43 Å². The summed E-state index contributed by atoms with van der Waals surface area (Å²) >= 11 is 0. The highest BCUT2D eigenvalue weighted by atomic mass is 19.3. The van der Waals surface area contributed by atoms with E-state index >= 15 is 0 Å². The highest BCUT2D eigenvalue weighted by molar-refractivity contribution is 5.78. The van der Waals surface area contributed by atoms with Crippen LogP contribution in [0, 0.1) is 0 Å². The van der Waals surface area contributed by atoms with Gasteiger partial charge in [0.05, 0.1) is 13.2 Å². The zero-order valence-corrected chi connectivity index (χ0v) is 9.08. The average molecular weight is 238 g/mol. The lowest BCUT2D eigenvalue weighted by Gasteiger charge is -2.21. The van der Waals surface area contributed by atoms with Crippen molar-refractivity contribution < 1.29 is 23.5 Å². The molecule has 0 aromatic carbocycles. The number of halogens is 2. The quantitative estimate of drug-likeness (QED) is 0.634. The average Bonchev–Trinajstić information content (AvgIpc) is 2.15. The molecule has 0 unspecified atom stereocenters. The Morgan fingerprint density at radius 2 is 2.06 bits per heavy atom. The molecule has 0 spiro atoms. The van der Waals surface area contributed by atoms with Crippen LogP contribution >= 0.6 is 0 Å².